The van der Waals surface area contributed by atoms with Crippen LogP contribution in [0.1, 0.15) is 44.9 Å². The molecule has 3 nitrogen and oxygen atoms in total. The molecular weight excluding hydrogens is 258 g/mol. The monoisotopic (exact) mass is 281 g/mol. The Bertz CT molecular complexity index is 503. The predicted molar refractivity (Wildman–Crippen MR) is 79.3 cm³/mol. The molecule has 19 heavy (non-hydrogen) atoms. The van der Waals surface area contributed by atoms with Gasteiger partial charge in [0.1, 0.15) is 0 Å². The van der Waals surface area contributed by atoms with Crippen LogP contribution in [0.3, 0.4) is 0 Å². The maximum absolute atomic E-state index is 11.5. The molecule has 1 aliphatic rings. The van der Waals surface area contributed by atoms with Crippen LogP contribution in [0.4, 0.5) is 5.69 Å². The van der Waals surface area contributed by atoms with Gasteiger partial charge < -0.3 is 5.32 Å². The van der Waals surface area contributed by atoms with Crippen LogP contribution in [0.2, 0.25) is 0 Å². The van der Waals surface area contributed by atoms with Gasteiger partial charge in [0.15, 0.2) is 9.84 Å². The van der Waals surface area contributed by atoms with Crippen molar-refractivity contribution in [1.82, 2.24) is 0 Å². The zero-order valence-electron chi connectivity index (χ0n) is 11.6. The highest BCUT2D eigenvalue weighted by atomic mass is 32.2. The van der Waals surface area contributed by atoms with E-state index < -0.39 is 9.84 Å². The summed E-state index contributed by atoms with van der Waals surface area (Å²) in [5.41, 5.74) is 0.925. The van der Waals surface area contributed by atoms with Gasteiger partial charge >= 0.3 is 0 Å². The van der Waals surface area contributed by atoms with Crippen LogP contribution in [0.25, 0.3) is 0 Å². The third-order valence-electron chi connectivity index (χ3n) is 3.74. The molecule has 4 heteroatoms. The quantitative estimate of drug-likeness (QED) is 0.920. The van der Waals surface area contributed by atoms with Gasteiger partial charge in [-0.05, 0) is 31.0 Å². The number of sulfone groups is 1. The minimum absolute atomic E-state index is 0.392. The largest absolute Gasteiger partial charge is 0.382 e. The number of anilines is 1. The number of benzene rings is 1. The van der Waals surface area contributed by atoms with Gasteiger partial charge in [0.25, 0.3) is 0 Å². The summed E-state index contributed by atoms with van der Waals surface area (Å²) >= 11 is 0. The minimum Gasteiger partial charge on any atom is -0.382 e. The lowest BCUT2D eigenvalue weighted by Gasteiger charge is -2.22. The van der Waals surface area contributed by atoms with E-state index in [0.29, 0.717) is 10.9 Å². The maximum Gasteiger partial charge on any atom is 0.175 e. The Morgan fingerprint density at radius 2 is 1.68 bits per heavy atom. The van der Waals surface area contributed by atoms with E-state index in [0.717, 1.165) is 5.69 Å². The lowest BCUT2D eigenvalue weighted by molar-refractivity contribution is 0.471. The highest BCUT2D eigenvalue weighted by molar-refractivity contribution is 7.90. The maximum atomic E-state index is 11.5. The Balaban J connectivity index is 2.05. The molecule has 1 N–H and O–H groups in total. The Kier molecular flexibility index (Phi) is 4.86. The standard InChI is InChI=1S/C15H23NO2S/c1-19(17,18)15-11-7-10-14(12-15)16-13-8-5-3-2-4-6-9-13/h7,10-13,16H,2-6,8-9H2,1H3. The van der Waals surface area contributed by atoms with E-state index in [9.17, 15) is 8.42 Å². The van der Waals surface area contributed by atoms with Gasteiger partial charge in [0.2, 0.25) is 0 Å². The van der Waals surface area contributed by atoms with Crippen LogP contribution in [-0.4, -0.2) is 20.7 Å². The molecule has 0 amide bonds. The molecule has 106 valence electrons. The molecular formula is C15H23NO2S. The Morgan fingerprint density at radius 1 is 1.05 bits per heavy atom. The summed E-state index contributed by atoms with van der Waals surface area (Å²) in [5, 5.41) is 3.50. The molecule has 2 rings (SSSR count). The van der Waals surface area contributed by atoms with E-state index in [2.05, 4.69) is 5.32 Å². The summed E-state index contributed by atoms with van der Waals surface area (Å²) in [7, 11) is -3.12. The van der Waals surface area contributed by atoms with Crippen LogP contribution in [0.15, 0.2) is 29.2 Å². The summed E-state index contributed by atoms with van der Waals surface area (Å²) < 4.78 is 23.1. The molecule has 0 radical (unpaired) electrons. The van der Waals surface area contributed by atoms with E-state index in [4.69, 9.17) is 0 Å². The molecule has 1 aromatic carbocycles. The van der Waals surface area contributed by atoms with Crippen molar-refractivity contribution < 1.29 is 8.42 Å². The van der Waals surface area contributed by atoms with Crippen molar-refractivity contribution in [3.05, 3.63) is 24.3 Å². The molecule has 0 aliphatic heterocycles. The molecule has 0 unspecified atom stereocenters. The first-order valence-corrected chi connectivity index (χ1v) is 9.01. The molecule has 1 saturated carbocycles. The van der Waals surface area contributed by atoms with Crippen LogP contribution in [0.5, 0.6) is 0 Å². The van der Waals surface area contributed by atoms with Gasteiger partial charge in [0.05, 0.1) is 4.90 Å². The summed E-state index contributed by atoms with van der Waals surface area (Å²) in [5.74, 6) is 0. The van der Waals surface area contributed by atoms with Crippen molar-refractivity contribution in [1.29, 1.82) is 0 Å². The van der Waals surface area contributed by atoms with Crippen LogP contribution in [0, 0.1) is 0 Å². The SMILES string of the molecule is CS(=O)(=O)c1cccc(NC2CCCCCCC2)c1. The van der Waals surface area contributed by atoms with E-state index in [1.54, 1.807) is 12.1 Å². The Hall–Kier alpha value is -1.03. The van der Waals surface area contributed by atoms with Crippen LogP contribution in [-0.2, 0) is 9.84 Å². The minimum atomic E-state index is -3.12. The Morgan fingerprint density at radius 3 is 2.32 bits per heavy atom. The number of hydrogen-bond donors (Lipinski definition) is 1. The third kappa shape index (κ3) is 4.53. The Labute approximate surface area is 116 Å². The van der Waals surface area contributed by atoms with Gasteiger partial charge in [-0.15, -0.1) is 0 Å². The lowest BCUT2D eigenvalue weighted by atomic mass is 9.96. The van der Waals surface area contributed by atoms with Crippen LogP contribution < -0.4 is 5.32 Å². The first-order chi connectivity index (χ1) is 9.05. The van der Waals surface area contributed by atoms with E-state index in [-0.39, 0.29) is 0 Å². The van der Waals surface area contributed by atoms with Gasteiger partial charge in [-0.3, -0.25) is 0 Å². The normalized spacial score (nSPS) is 18.6. The van der Waals surface area contributed by atoms with Crippen molar-refractivity contribution in [3.8, 4) is 0 Å². The molecule has 1 fully saturated rings. The van der Waals surface area contributed by atoms with Gasteiger partial charge in [-0.1, -0.05) is 38.2 Å². The average molecular weight is 281 g/mol. The lowest BCUT2D eigenvalue weighted by Crippen LogP contribution is -2.20. The fraction of sp³-hybridized carbons (Fsp3) is 0.600. The van der Waals surface area contributed by atoms with Crippen molar-refractivity contribution >= 4 is 15.5 Å². The topological polar surface area (TPSA) is 46.2 Å². The summed E-state index contributed by atoms with van der Waals surface area (Å²) in [6, 6.07) is 7.64. The van der Waals surface area contributed by atoms with E-state index in [1.807, 2.05) is 12.1 Å². The van der Waals surface area contributed by atoms with Crippen molar-refractivity contribution in [3.63, 3.8) is 0 Å². The summed E-state index contributed by atoms with van der Waals surface area (Å²) in [6.07, 6.45) is 10.2. The molecule has 0 heterocycles. The van der Waals surface area contributed by atoms with Crippen molar-refractivity contribution in [2.24, 2.45) is 0 Å². The zero-order valence-corrected chi connectivity index (χ0v) is 12.4. The third-order valence-corrected chi connectivity index (χ3v) is 4.85. The highest BCUT2D eigenvalue weighted by Gasteiger charge is 2.12. The molecule has 0 aromatic heterocycles. The van der Waals surface area contributed by atoms with E-state index >= 15 is 0 Å². The number of nitrogens with one attached hydrogen (secondary N) is 1. The molecule has 0 atom stereocenters. The smallest absolute Gasteiger partial charge is 0.175 e. The molecule has 0 saturated heterocycles. The molecule has 1 aliphatic carbocycles. The van der Waals surface area contributed by atoms with Gasteiger partial charge in [-0.25, -0.2) is 8.42 Å². The second-order valence-corrected chi connectivity index (χ2v) is 7.50. The first kappa shape index (κ1) is 14.4. The van der Waals surface area contributed by atoms with Crippen molar-refractivity contribution in [2.45, 2.75) is 55.9 Å². The second-order valence-electron chi connectivity index (χ2n) is 5.49. The second kappa shape index (κ2) is 6.42. The molecule has 1 aromatic rings. The average Bonchev–Trinajstić information content (AvgIpc) is 2.32. The van der Waals surface area contributed by atoms with Crippen LogP contribution >= 0.6 is 0 Å². The fourth-order valence-corrected chi connectivity index (χ4v) is 3.32. The number of rotatable bonds is 3. The summed E-state index contributed by atoms with van der Waals surface area (Å²) in [6.45, 7) is 0. The van der Waals surface area contributed by atoms with E-state index in [1.165, 1.54) is 51.2 Å². The highest BCUT2D eigenvalue weighted by Crippen LogP contribution is 2.22. The van der Waals surface area contributed by atoms with Gasteiger partial charge in [-0.2, -0.15) is 0 Å². The summed E-state index contributed by atoms with van der Waals surface area (Å²) in [4.78, 5) is 0.392. The fourth-order valence-electron chi connectivity index (χ4n) is 2.65. The first-order valence-electron chi connectivity index (χ1n) is 7.12. The molecule has 0 bridgehead atoms. The molecule has 0 spiro atoms. The number of hydrogen-bond acceptors (Lipinski definition) is 3. The zero-order chi connectivity index (χ0) is 13.7. The van der Waals surface area contributed by atoms with Crippen molar-refractivity contribution in [2.75, 3.05) is 11.6 Å². The van der Waals surface area contributed by atoms with Gasteiger partial charge in [0, 0.05) is 18.0 Å². The predicted octanol–water partition coefficient (Wildman–Crippen LogP) is 3.61.